The SMILES string of the molecule is CCC(CNC)C(NC)c1ccc(C)c(C)c1. The highest BCUT2D eigenvalue weighted by atomic mass is 14.9. The minimum Gasteiger partial charge on any atom is -0.319 e. The van der Waals surface area contributed by atoms with Gasteiger partial charge in [0.05, 0.1) is 0 Å². The van der Waals surface area contributed by atoms with Gasteiger partial charge in [-0.2, -0.15) is 0 Å². The first kappa shape index (κ1) is 14.2. The first-order valence-corrected chi connectivity index (χ1v) is 6.53. The highest BCUT2D eigenvalue weighted by Gasteiger charge is 2.19. The van der Waals surface area contributed by atoms with E-state index >= 15 is 0 Å². The normalized spacial score (nSPS) is 14.6. The van der Waals surface area contributed by atoms with Crippen molar-refractivity contribution in [2.45, 2.75) is 33.2 Å². The molecule has 2 unspecified atom stereocenters. The Balaban J connectivity index is 2.95. The summed E-state index contributed by atoms with van der Waals surface area (Å²) in [5.74, 6) is 0.632. The van der Waals surface area contributed by atoms with E-state index < -0.39 is 0 Å². The van der Waals surface area contributed by atoms with Crippen molar-refractivity contribution in [1.29, 1.82) is 0 Å². The van der Waals surface area contributed by atoms with Gasteiger partial charge in [0.25, 0.3) is 0 Å². The minimum atomic E-state index is 0.437. The Labute approximate surface area is 106 Å². The number of hydrogen-bond acceptors (Lipinski definition) is 2. The zero-order valence-electron chi connectivity index (χ0n) is 11.8. The van der Waals surface area contributed by atoms with Gasteiger partial charge in [0.15, 0.2) is 0 Å². The average molecular weight is 234 g/mol. The molecule has 2 N–H and O–H groups in total. The summed E-state index contributed by atoms with van der Waals surface area (Å²) in [6.45, 7) is 7.66. The Morgan fingerprint density at radius 2 is 1.82 bits per heavy atom. The van der Waals surface area contributed by atoms with Crippen molar-refractivity contribution in [3.63, 3.8) is 0 Å². The monoisotopic (exact) mass is 234 g/mol. The molecule has 17 heavy (non-hydrogen) atoms. The predicted octanol–water partition coefficient (Wildman–Crippen LogP) is 2.81. The second-order valence-corrected chi connectivity index (χ2v) is 4.84. The maximum atomic E-state index is 3.46. The van der Waals surface area contributed by atoms with Gasteiger partial charge in [0.1, 0.15) is 0 Å². The molecule has 1 rings (SSSR count). The van der Waals surface area contributed by atoms with E-state index in [9.17, 15) is 0 Å². The Morgan fingerprint density at radius 3 is 2.29 bits per heavy atom. The molecule has 2 nitrogen and oxygen atoms in total. The fourth-order valence-corrected chi connectivity index (χ4v) is 2.39. The van der Waals surface area contributed by atoms with Crippen LogP contribution >= 0.6 is 0 Å². The highest BCUT2D eigenvalue weighted by molar-refractivity contribution is 5.32. The van der Waals surface area contributed by atoms with Crippen LogP contribution in [-0.4, -0.2) is 20.6 Å². The molecule has 1 aromatic carbocycles. The van der Waals surface area contributed by atoms with Gasteiger partial charge in [0.2, 0.25) is 0 Å². The quantitative estimate of drug-likeness (QED) is 0.791. The fraction of sp³-hybridized carbons (Fsp3) is 0.600. The standard InChI is InChI=1S/C15H26N2/c1-6-13(10-16-4)15(17-5)14-8-7-11(2)12(3)9-14/h7-9,13,15-17H,6,10H2,1-5H3. The number of rotatable bonds is 6. The van der Waals surface area contributed by atoms with E-state index in [1.165, 1.54) is 23.1 Å². The second kappa shape index (κ2) is 6.77. The summed E-state index contributed by atoms with van der Waals surface area (Å²) in [6.07, 6.45) is 1.18. The van der Waals surface area contributed by atoms with E-state index in [0.29, 0.717) is 12.0 Å². The molecule has 1 aromatic rings. The molecule has 0 fully saturated rings. The lowest BCUT2D eigenvalue weighted by molar-refractivity contribution is 0.359. The Bertz CT molecular complexity index is 347. The van der Waals surface area contributed by atoms with Crippen LogP contribution in [0.15, 0.2) is 18.2 Å². The van der Waals surface area contributed by atoms with Gasteiger partial charge in [-0.05, 0) is 57.1 Å². The number of nitrogens with one attached hydrogen (secondary N) is 2. The largest absolute Gasteiger partial charge is 0.319 e. The zero-order chi connectivity index (χ0) is 12.8. The van der Waals surface area contributed by atoms with Crippen LogP contribution in [-0.2, 0) is 0 Å². The van der Waals surface area contributed by atoms with Crippen molar-refractivity contribution in [3.8, 4) is 0 Å². The molecule has 2 heteroatoms. The molecule has 2 atom stereocenters. The number of benzene rings is 1. The van der Waals surface area contributed by atoms with Crippen molar-refractivity contribution in [2.75, 3.05) is 20.6 Å². The fourth-order valence-electron chi connectivity index (χ4n) is 2.39. The molecule has 0 aliphatic carbocycles. The molecule has 0 amide bonds. The van der Waals surface area contributed by atoms with E-state index in [-0.39, 0.29) is 0 Å². The van der Waals surface area contributed by atoms with Gasteiger partial charge in [-0.3, -0.25) is 0 Å². The van der Waals surface area contributed by atoms with Crippen molar-refractivity contribution < 1.29 is 0 Å². The molecule has 0 heterocycles. The second-order valence-electron chi connectivity index (χ2n) is 4.84. The van der Waals surface area contributed by atoms with Crippen LogP contribution in [0.4, 0.5) is 0 Å². The van der Waals surface area contributed by atoms with E-state index in [2.05, 4.69) is 56.7 Å². The first-order valence-electron chi connectivity index (χ1n) is 6.53. The summed E-state index contributed by atoms with van der Waals surface area (Å²) in [6, 6.07) is 7.23. The van der Waals surface area contributed by atoms with Crippen LogP contribution in [0.2, 0.25) is 0 Å². The van der Waals surface area contributed by atoms with Crippen LogP contribution in [0.5, 0.6) is 0 Å². The third-order valence-corrected chi connectivity index (χ3v) is 3.66. The molecule has 0 saturated carbocycles. The van der Waals surface area contributed by atoms with Gasteiger partial charge in [-0.1, -0.05) is 31.5 Å². The molecule has 0 saturated heterocycles. The van der Waals surface area contributed by atoms with Crippen molar-refractivity contribution in [1.82, 2.24) is 10.6 Å². The molecule has 0 bridgehead atoms. The van der Waals surface area contributed by atoms with Crippen LogP contribution in [0.3, 0.4) is 0 Å². The molecule has 0 aromatic heterocycles. The Morgan fingerprint density at radius 1 is 1.12 bits per heavy atom. The summed E-state index contributed by atoms with van der Waals surface area (Å²) >= 11 is 0. The molecule has 0 aliphatic rings. The summed E-state index contributed by atoms with van der Waals surface area (Å²) in [5, 5.41) is 6.75. The lowest BCUT2D eigenvalue weighted by Crippen LogP contribution is -2.31. The van der Waals surface area contributed by atoms with E-state index in [1.807, 2.05) is 7.05 Å². The lowest BCUT2D eigenvalue weighted by Gasteiger charge is -2.26. The number of aryl methyl sites for hydroxylation is 2. The summed E-state index contributed by atoms with van der Waals surface area (Å²) in [4.78, 5) is 0. The van der Waals surface area contributed by atoms with Gasteiger partial charge in [-0.25, -0.2) is 0 Å². The van der Waals surface area contributed by atoms with Crippen LogP contribution in [0.1, 0.15) is 36.1 Å². The highest BCUT2D eigenvalue weighted by Crippen LogP contribution is 2.25. The maximum Gasteiger partial charge on any atom is 0.0358 e. The molecular formula is C15H26N2. The third kappa shape index (κ3) is 3.55. The minimum absolute atomic E-state index is 0.437. The Kier molecular flexibility index (Phi) is 5.66. The van der Waals surface area contributed by atoms with Crippen molar-refractivity contribution in [2.24, 2.45) is 5.92 Å². The smallest absolute Gasteiger partial charge is 0.0358 e. The van der Waals surface area contributed by atoms with Crippen LogP contribution in [0.25, 0.3) is 0 Å². The zero-order valence-corrected chi connectivity index (χ0v) is 11.8. The lowest BCUT2D eigenvalue weighted by atomic mass is 9.89. The van der Waals surface area contributed by atoms with E-state index in [1.54, 1.807) is 0 Å². The topological polar surface area (TPSA) is 24.1 Å². The molecule has 96 valence electrons. The van der Waals surface area contributed by atoms with Crippen molar-refractivity contribution >= 4 is 0 Å². The van der Waals surface area contributed by atoms with Gasteiger partial charge >= 0.3 is 0 Å². The summed E-state index contributed by atoms with van der Waals surface area (Å²) < 4.78 is 0. The molecule has 0 spiro atoms. The third-order valence-electron chi connectivity index (χ3n) is 3.66. The number of hydrogen-bond donors (Lipinski definition) is 2. The Hall–Kier alpha value is -0.860. The van der Waals surface area contributed by atoms with Crippen molar-refractivity contribution in [3.05, 3.63) is 34.9 Å². The molecule has 0 aliphatic heterocycles. The van der Waals surface area contributed by atoms with E-state index in [4.69, 9.17) is 0 Å². The average Bonchev–Trinajstić information content (AvgIpc) is 2.33. The maximum absolute atomic E-state index is 3.46. The van der Waals surface area contributed by atoms with Crippen LogP contribution in [0, 0.1) is 19.8 Å². The summed E-state index contributed by atoms with van der Waals surface area (Å²) in [7, 11) is 4.08. The van der Waals surface area contributed by atoms with Gasteiger partial charge in [-0.15, -0.1) is 0 Å². The van der Waals surface area contributed by atoms with Gasteiger partial charge in [0, 0.05) is 6.04 Å². The summed E-state index contributed by atoms with van der Waals surface area (Å²) in [5.41, 5.74) is 4.14. The van der Waals surface area contributed by atoms with Crippen LogP contribution < -0.4 is 10.6 Å². The van der Waals surface area contributed by atoms with Gasteiger partial charge < -0.3 is 10.6 Å². The molecule has 0 radical (unpaired) electrons. The van der Waals surface area contributed by atoms with E-state index in [0.717, 1.165) is 6.54 Å². The molecular weight excluding hydrogens is 208 g/mol. The predicted molar refractivity (Wildman–Crippen MR) is 75.4 cm³/mol. The first-order chi connectivity index (χ1) is 8.13.